The van der Waals surface area contributed by atoms with Crippen molar-refractivity contribution in [2.24, 2.45) is 0 Å². The lowest BCUT2D eigenvalue weighted by molar-refractivity contribution is -0.387. The van der Waals surface area contributed by atoms with E-state index in [1.807, 2.05) is 0 Å². The number of benzene rings is 1. The molecule has 0 aliphatic rings. The fourth-order valence-electron chi connectivity index (χ4n) is 1.22. The minimum Gasteiger partial charge on any atom is -0.549 e. The summed E-state index contributed by atoms with van der Waals surface area (Å²) in [4.78, 5) is 30.2. The van der Waals surface area contributed by atoms with Crippen molar-refractivity contribution in [3.63, 3.8) is 0 Å². The minimum atomic E-state index is -2.18. The van der Waals surface area contributed by atoms with Gasteiger partial charge in [0.2, 0.25) is 5.82 Å². The third kappa shape index (κ3) is 2.54. The molecule has 90 valence electrons. The van der Waals surface area contributed by atoms with Crippen molar-refractivity contribution in [1.82, 2.24) is 0 Å². The van der Waals surface area contributed by atoms with E-state index < -0.39 is 39.8 Å². The van der Waals surface area contributed by atoms with Gasteiger partial charge < -0.3 is 19.8 Å². The van der Waals surface area contributed by atoms with Crippen LogP contribution in [0.2, 0.25) is 0 Å². The number of nitrogens with zero attached hydrogens (tertiary/aromatic N) is 1. The van der Waals surface area contributed by atoms with Crippen LogP contribution in [0.3, 0.4) is 0 Å². The van der Waals surface area contributed by atoms with E-state index in [0.717, 1.165) is 6.07 Å². The molecule has 0 radical (unpaired) electrons. The third-order valence-electron chi connectivity index (χ3n) is 1.97. The van der Waals surface area contributed by atoms with E-state index in [0.29, 0.717) is 12.1 Å². The zero-order valence-electron chi connectivity index (χ0n) is 8.08. The molecule has 0 fully saturated rings. The maximum absolute atomic E-state index is 13.1. The molecule has 0 N–H and O–H groups in total. The number of halogens is 1. The van der Waals surface area contributed by atoms with Gasteiger partial charge in [0.15, 0.2) is 0 Å². The predicted molar refractivity (Wildman–Crippen MR) is 45.8 cm³/mol. The molecule has 0 saturated heterocycles. The Balaban J connectivity index is 3.24. The highest BCUT2D eigenvalue weighted by Gasteiger charge is 2.19. The molecule has 0 spiro atoms. The van der Waals surface area contributed by atoms with E-state index in [1.54, 1.807) is 0 Å². The lowest BCUT2D eigenvalue weighted by Gasteiger charge is -2.19. The van der Waals surface area contributed by atoms with Crippen molar-refractivity contribution in [3.05, 3.63) is 39.7 Å². The summed E-state index contributed by atoms with van der Waals surface area (Å²) in [6, 6.07) is 1.94. The van der Waals surface area contributed by atoms with Crippen LogP contribution in [0.5, 0.6) is 0 Å². The van der Waals surface area contributed by atoms with Crippen molar-refractivity contribution in [3.8, 4) is 0 Å². The summed E-state index contributed by atoms with van der Waals surface area (Å²) in [5, 5.41) is 31.2. The molecule has 0 heterocycles. The topological polar surface area (TPSA) is 123 Å². The van der Waals surface area contributed by atoms with Crippen molar-refractivity contribution in [2.45, 2.75) is 5.92 Å². The predicted octanol–water partition coefficient (Wildman–Crippen LogP) is -1.68. The van der Waals surface area contributed by atoms with Crippen LogP contribution in [-0.2, 0) is 9.59 Å². The second-order valence-electron chi connectivity index (χ2n) is 3.04. The number of nitro groups is 1. The molecule has 7 nitrogen and oxygen atoms in total. The van der Waals surface area contributed by atoms with Crippen LogP contribution >= 0.6 is 0 Å². The Kier molecular flexibility index (Phi) is 3.37. The fraction of sp³-hybridized carbons (Fsp3) is 0.111. The van der Waals surface area contributed by atoms with Crippen LogP contribution in [-0.4, -0.2) is 16.9 Å². The fourth-order valence-corrected chi connectivity index (χ4v) is 1.22. The van der Waals surface area contributed by atoms with Crippen LogP contribution in [0.15, 0.2) is 18.2 Å². The van der Waals surface area contributed by atoms with Crippen LogP contribution < -0.4 is 10.2 Å². The Morgan fingerprint density at radius 3 is 2.12 bits per heavy atom. The van der Waals surface area contributed by atoms with E-state index in [4.69, 9.17) is 0 Å². The number of rotatable bonds is 4. The average molecular weight is 241 g/mol. The van der Waals surface area contributed by atoms with Gasteiger partial charge in [0.05, 0.1) is 22.8 Å². The minimum absolute atomic E-state index is 0.453. The summed E-state index contributed by atoms with van der Waals surface area (Å²) >= 11 is 0. The molecule has 0 aromatic heterocycles. The van der Waals surface area contributed by atoms with E-state index in [2.05, 4.69) is 0 Å². The summed E-state index contributed by atoms with van der Waals surface area (Å²) in [5.74, 6) is -7.48. The maximum atomic E-state index is 13.1. The first-order valence-corrected chi connectivity index (χ1v) is 4.20. The van der Waals surface area contributed by atoms with Crippen molar-refractivity contribution in [1.29, 1.82) is 0 Å². The Bertz CT molecular complexity index is 486. The van der Waals surface area contributed by atoms with Gasteiger partial charge in [0.25, 0.3) is 0 Å². The Hall–Kier alpha value is -2.51. The SMILES string of the molecule is O=C([O-])C(C(=O)[O-])c1ccc([N+](=O)[O-])c(F)c1. The first kappa shape index (κ1) is 12.6. The number of hydrogen-bond donors (Lipinski definition) is 0. The lowest BCUT2D eigenvalue weighted by Crippen LogP contribution is -2.41. The molecule has 17 heavy (non-hydrogen) atoms. The van der Waals surface area contributed by atoms with Crippen molar-refractivity contribution >= 4 is 17.6 Å². The van der Waals surface area contributed by atoms with Crippen LogP contribution in [0.1, 0.15) is 11.5 Å². The van der Waals surface area contributed by atoms with E-state index >= 15 is 0 Å². The number of aliphatic carboxylic acids is 2. The molecule has 0 unspecified atom stereocenters. The summed E-state index contributed by atoms with van der Waals surface area (Å²) in [5.41, 5.74) is -1.38. The zero-order chi connectivity index (χ0) is 13.2. The molecule has 1 rings (SSSR count). The van der Waals surface area contributed by atoms with Gasteiger partial charge in [-0.05, 0) is 11.6 Å². The lowest BCUT2D eigenvalue weighted by atomic mass is 9.99. The molecule has 0 atom stereocenters. The molecule has 0 aliphatic heterocycles. The molecule has 1 aromatic rings. The number of carboxylic acid groups (broad SMARTS) is 2. The molecular formula is C9H4FNO6-2. The van der Waals surface area contributed by atoms with Gasteiger partial charge in [0.1, 0.15) is 0 Å². The highest BCUT2D eigenvalue weighted by molar-refractivity contribution is 5.97. The van der Waals surface area contributed by atoms with Gasteiger partial charge in [-0.25, -0.2) is 0 Å². The molecular weight excluding hydrogens is 237 g/mol. The molecule has 0 bridgehead atoms. The summed E-state index contributed by atoms with van der Waals surface area (Å²) in [7, 11) is 0. The zero-order valence-corrected chi connectivity index (χ0v) is 8.08. The second kappa shape index (κ2) is 4.56. The van der Waals surface area contributed by atoms with Gasteiger partial charge in [-0.15, -0.1) is 0 Å². The van der Waals surface area contributed by atoms with Crippen LogP contribution in [0.4, 0.5) is 10.1 Å². The molecule has 8 heteroatoms. The molecule has 1 aromatic carbocycles. The molecule has 0 amide bonds. The van der Waals surface area contributed by atoms with Crippen molar-refractivity contribution in [2.75, 3.05) is 0 Å². The second-order valence-corrected chi connectivity index (χ2v) is 3.04. The van der Waals surface area contributed by atoms with Crippen LogP contribution in [0, 0.1) is 15.9 Å². The van der Waals surface area contributed by atoms with E-state index in [9.17, 15) is 34.3 Å². The standard InChI is InChI=1S/C9H6FNO6/c10-5-3-4(1-2-6(5)11(16)17)7(8(12)13)9(14)15/h1-3,7H,(H,12,13)(H,14,15)/p-2. The quantitative estimate of drug-likeness (QED) is 0.352. The first-order chi connectivity index (χ1) is 7.84. The number of nitro benzene ring substituents is 1. The van der Waals surface area contributed by atoms with E-state index in [1.165, 1.54) is 0 Å². The average Bonchev–Trinajstić information content (AvgIpc) is 2.15. The molecule has 0 saturated carbocycles. The Labute approximate surface area is 93.3 Å². The largest absolute Gasteiger partial charge is 0.549 e. The summed E-state index contributed by atoms with van der Waals surface area (Å²) in [6.07, 6.45) is 0. The highest BCUT2D eigenvalue weighted by atomic mass is 19.1. The van der Waals surface area contributed by atoms with Gasteiger partial charge in [-0.1, -0.05) is 6.07 Å². The number of carboxylic acids is 2. The van der Waals surface area contributed by atoms with Gasteiger partial charge >= 0.3 is 5.69 Å². The number of hydrogen-bond acceptors (Lipinski definition) is 6. The summed E-state index contributed by atoms with van der Waals surface area (Å²) in [6.45, 7) is 0. The first-order valence-electron chi connectivity index (χ1n) is 4.20. The van der Waals surface area contributed by atoms with Crippen molar-refractivity contribution < 1.29 is 29.1 Å². The Morgan fingerprint density at radius 2 is 1.76 bits per heavy atom. The highest BCUT2D eigenvalue weighted by Crippen LogP contribution is 2.22. The summed E-state index contributed by atoms with van der Waals surface area (Å²) < 4.78 is 13.1. The smallest absolute Gasteiger partial charge is 0.304 e. The monoisotopic (exact) mass is 241 g/mol. The van der Waals surface area contributed by atoms with Crippen LogP contribution in [0.25, 0.3) is 0 Å². The van der Waals surface area contributed by atoms with Gasteiger partial charge in [0, 0.05) is 6.07 Å². The Morgan fingerprint density at radius 1 is 1.24 bits per heavy atom. The number of carbonyl (C=O) groups is 2. The number of carbonyl (C=O) groups excluding carboxylic acids is 2. The maximum Gasteiger partial charge on any atom is 0.304 e. The van der Waals surface area contributed by atoms with Gasteiger partial charge in [-0.3, -0.25) is 10.1 Å². The van der Waals surface area contributed by atoms with Gasteiger partial charge in [-0.2, -0.15) is 4.39 Å². The third-order valence-corrected chi connectivity index (χ3v) is 1.97. The molecule has 0 aliphatic carbocycles. The normalized spacial score (nSPS) is 10.2. The van der Waals surface area contributed by atoms with E-state index in [-0.39, 0.29) is 0 Å².